The second-order valence-electron chi connectivity index (χ2n) is 2.53. The minimum Gasteiger partial charge on any atom is -0.544 e. The van der Waals surface area contributed by atoms with Crippen LogP contribution in [0.15, 0.2) is 35.0 Å². The Morgan fingerprint density at radius 2 is 1.17 bits per heavy atom. The van der Waals surface area contributed by atoms with Crippen LogP contribution in [0.2, 0.25) is 0 Å². The van der Waals surface area contributed by atoms with Crippen LogP contribution in [0, 0.1) is 0 Å². The number of quaternary nitrogens is 2. The van der Waals surface area contributed by atoms with E-state index in [1.807, 2.05) is 0 Å². The molecule has 2 rings (SSSR count). The van der Waals surface area contributed by atoms with Crippen LogP contribution in [0.3, 0.4) is 0 Å². The van der Waals surface area contributed by atoms with Gasteiger partial charge in [-0.25, -0.2) is 0 Å². The number of hydrogen-bond donors (Lipinski definition) is 2. The molecule has 0 aliphatic carbocycles. The third kappa shape index (κ3) is 6.11. The van der Waals surface area contributed by atoms with Gasteiger partial charge in [-0.1, -0.05) is 12.1 Å². The molecule has 2 aromatic rings. The molecular formula is C10H14N2O4S2. The maximum absolute atomic E-state index is 9.96. The molecule has 0 amide bonds. The second-order valence-corrected chi connectivity index (χ2v) is 4.42. The number of carboxylic acids is 2. The van der Waals surface area contributed by atoms with E-state index in [-0.39, 0.29) is 22.1 Å². The summed E-state index contributed by atoms with van der Waals surface area (Å²) in [5.41, 5.74) is 0. The molecule has 2 heterocycles. The summed E-state index contributed by atoms with van der Waals surface area (Å²) in [4.78, 5) is 20.5. The Morgan fingerprint density at radius 3 is 1.28 bits per heavy atom. The highest BCUT2D eigenvalue weighted by Crippen LogP contribution is 2.05. The standard InChI is InChI=1S/2C5H4O2S.2H3N/c2*6-5(7)4-2-1-3-8-4;;/h2*1-3H,(H,6,7);2*1H3. The van der Waals surface area contributed by atoms with Gasteiger partial charge in [0.25, 0.3) is 0 Å². The zero-order valence-electron chi connectivity index (χ0n) is 9.91. The van der Waals surface area contributed by atoms with Crippen molar-refractivity contribution in [1.29, 1.82) is 0 Å². The number of aromatic carboxylic acids is 2. The zero-order chi connectivity index (χ0) is 12.0. The predicted octanol–water partition coefficient (Wildman–Crippen LogP) is 0.976. The van der Waals surface area contributed by atoms with Gasteiger partial charge >= 0.3 is 0 Å². The van der Waals surface area contributed by atoms with Crippen LogP contribution in [-0.2, 0) is 0 Å². The molecule has 8 heteroatoms. The van der Waals surface area contributed by atoms with E-state index in [9.17, 15) is 19.8 Å². The molecule has 0 saturated carbocycles. The van der Waals surface area contributed by atoms with E-state index in [1.54, 1.807) is 22.9 Å². The highest BCUT2D eigenvalue weighted by atomic mass is 32.1. The van der Waals surface area contributed by atoms with Crippen molar-refractivity contribution in [1.82, 2.24) is 12.3 Å². The summed E-state index contributed by atoms with van der Waals surface area (Å²) in [5.74, 6) is -2.19. The van der Waals surface area contributed by atoms with E-state index >= 15 is 0 Å². The smallest absolute Gasteiger partial charge is 0.0815 e. The maximum atomic E-state index is 9.96. The van der Waals surface area contributed by atoms with E-state index in [0.29, 0.717) is 0 Å². The summed E-state index contributed by atoms with van der Waals surface area (Å²) < 4.78 is 0. The lowest BCUT2D eigenvalue weighted by Gasteiger charge is -1.91. The number of carbonyl (C=O) groups is 2. The van der Waals surface area contributed by atoms with Gasteiger partial charge in [-0.15, -0.1) is 22.7 Å². The first-order valence-corrected chi connectivity index (χ1v) is 5.87. The molecule has 0 saturated heterocycles. The largest absolute Gasteiger partial charge is 0.544 e. The lowest BCUT2D eigenvalue weighted by atomic mass is 10.5. The Hall–Kier alpha value is -1.74. The number of hydrogen-bond acceptors (Lipinski definition) is 6. The lowest BCUT2D eigenvalue weighted by molar-refractivity contribution is -0.255. The monoisotopic (exact) mass is 290 g/mol. The number of thiophene rings is 2. The van der Waals surface area contributed by atoms with E-state index < -0.39 is 11.9 Å². The van der Waals surface area contributed by atoms with Crippen molar-refractivity contribution in [2.45, 2.75) is 0 Å². The van der Waals surface area contributed by atoms with E-state index in [4.69, 9.17) is 0 Å². The van der Waals surface area contributed by atoms with E-state index in [2.05, 4.69) is 0 Å². The molecule has 18 heavy (non-hydrogen) atoms. The van der Waals surface area contributed by atoms with Crippen LogP contribution in [0.4, 0.5) is 0 Å². The van der Waals surface area contributed by atoms with Gasteiger partial charge in [0, 0.05) is 9.75 Å². The van der Waals surface area contributed by atoms with Crippen LogP contribution < -0.4 is 22.5 Å². The molecule has 100 valence electrons. The molecular weight excluding hydrogens is 276 g/mol. The van der Waals surface area contributed by atoms with Crippen molar-refractivity contribution in [3.8, 4) is 0 Å². The highest BCUT2D eigenvalue weighted by Gasteiger charge is 1.89. The average Bonchev–Trinajstić information content (AvgIpc) is 2.93. The Kier molecular flexibility index (Phi) is 9.63. The van der Waals surface area contributed by atoms with Crippen LogP contribution >= 0.6 is 22.7 Å². The molecule has 2 aromatic heterocycles. The van der Waals surface area contributed by atoms with Crippen molar-refractivity contribution in [2.24, 2.45) is 0 Å². The second kappa shape index (κ2) is 9.31. The third-order valence-corrected chi connectivity index (χ3v) is 3.14. The lowest BCUT2D eigenvalue weighted by Crippen LogP contribution is -2.20. The summed E-state index contributed by atoms with van der Waals surface area (Å²) in [6.07, 6.45) is 0. The zero-order valence-corrected chi connectivity index (χ0v) is 11.5. The molecule has 8 N–H and O–H groups in total. The van der Waals surface area contributed by atoms with Gasteiger partial charge in [0.2, 0.25) is 0 Å². The molecule has 0 bridgehead atoms. The normalized spacial score (nSPS) is 8.00. The third-order valence-electron chi connectivity index (χ3n) is 1.44. The minimum absolute atomic E-state index is 0. The molecule has 0 aliphatic heterocycles. The first kappa shape index (κ1) is 18.6. The fourth-order valence-corrected chi connectivity index (χ4v) is 1.90. The van der Waals surface area contributed by atoms with Crippen LogP contribution in [0.25, 0.3) is 0 Å². The molecule has 0 aromatic carbocycles. The van der Waals surface area contributed by atoms with Gasteiger partial charge in [-0.2, -0.15) is 0 Å². The quantitative estimate of drug-likeness (QED) is 0.845. The van der Waals surface area contributed by atoms with Crippen molar-refractivity contribution in [3.05, 3.63) is 44.8 Å². The average molecular weight is 290 g/mol. The molecule has 0 atom stereocenters. The summed E-state index contributed by atoms with van der Waals surface area (Å²) >= 11 is 2.34. The van der Waals surface area contributed by atoms with Crippen LogP contribution in [-0.4, -0.2) is 11.9 Å². The molecule has 0 radical (unpaired) electrons. The Bertz CT molecular complexity index is 410. The van der Waals surface area contributed by atoms with Crippen LogP contribution in [0.1, 0.15) is 19.3 Å². The first-order valence-electron chi connectivity index (χ1n) is 4.11. The SMILES string of the molecule is O=C([O-])c1cccs1.O=C([O-])c1cccs1.[NH4+].[NH4+]. The Labute approximate surface area is 112 Å². The minimum atomic E-state index is -1.10. The van der Waals surface area contributed by atoms with Crippen molar-refractivity contribution < 1.29 is 19.8 Å². The fraction of sp³-hybridized carbons (Fsp3) is 0. The predicted molar refractivity (Wildman–Crippen MR) is 69.3 cm³/mol. The highest BCUT2D eigenvalue weighted by molar-refractivity contribution is 7.12. The van der Waals surface area contributed by atoms with E-state index in [1.165, 1.54) is 34.8 Å². The molecule has 0 unspecified atom stereocenters. The van der Waals surface area contributed by atoms with Crippen molar-refractivity contribution >= 4 is 34.6 Å². The van der Waals surface area contributed by atoms with Gasteiger partial charge in [0.05, 0.1) is 11.9 Å². The summed E-state index contributed by atoms with van der Waals surface area (Å²) in [5, 5.41) is 23.3. The van der Waals surface area contributed by atoms with Gasteiger partial charge in [-0.3, -0.25) is 0 Å². The summed E-state index contributed by atoms with van der Waals surface area (Å²) in [7, 11) is 0. The first-order chi connectivity index (χ1) is 7.61. The molecule has 6 nitrogen and oxygen atoms in total. The summed E-state index contributed by atoms with van der Waals surface area (Å²) in [6, 6.07) is 6.38. The van der Waals surface area contributed by atoms with Gasteiger partial charge in [0.1, 0.15) is 0 Å². The van der Waals surface area contributed by atoms with Crippen LogP contribution in [0.5, 0.6) is 0 Å². The fourth-order valence-electron chi connectivity index (χ4n) is 0.789. The molecule has 0 fully saturated rings. The summed E-state index contributed by atoms with van der Waals surface area (Å²) in [6.45, 7) is 0. The Balaban J connectivity index is 0. The van der Waals surface area contributed by atoms with Gasteiger partial charge in [-0.05, 0) is 22.9 Å². The number of carbonyl (C=O) groups excluding carboxylic acids is 2. The molecule has 0 spiro atoms. The van der Waals surface area contributed by atoms with Crippen molar-refractivity contribution in [2.75, 3.05) is 0 Å². The number of carboxylic acid groups (broad SMARTS) is 2. The topological polar surface area (TPSA) is 153 Å². The maximum Gasteiger partial charge on any atom is 0.0815 e. The van der Waals surface area contributed by atoms with Crippen molar-refractivity contribution in [3.63, 3.8) is 0 Å². The van der Waals surface area contributed by atoms with E-state index in [0.717, 1.165) is 0 Å². The number of rotatable bonds is 2. The Morgan fingerprint density at radius 1 is 0.833 bits per heavy atom. The molecule has 0 aliphatic rings. The van der Waals surface area contributed by atoms with Gasteiger partial charge in [0.15, 0.2) is 0 Å². The van der Waals surface area contributed by atoms with Gasteiger partial charge < -0.3 is 32.1 Å².